The van der Waals surface area contributed by atoms with Crippen LogP contribution in [0.25, 0.3) is 0 Å². The van der Waals surface area contributed by atoms with Crippen LogP contribution in [-0.2, 0) is 16.4 Å². The van der Waals surface area contributed by atoms with E-state index >= 15 is 0 Å². The first-order chi connectivity index (χ1) is 8.77. The van der Waals surface area contributed by atoms with E-state index < -0.39 is 15.4 Å². The maximum absolute atomic E-state index is 12.1. The fraction of sp³-hybridized carbons (Fsp3) is 0.667. The average molecular weight is 307 g/mol. The van der Waals surface area contributed by atoms with Crippen LogP contribution in [0.5, 0.6) is 0 Å². The van der Waals surface area contributed by atoms with Gasteiger partial charge in [-0.3, -0.25) is 4.79 Å². The van der Waals surface area contributed by atoms with Gasteiger partial charge in [0.25, 0.3) is 5.56 Å². The SMILES string of the molecule is CC(C)Cn1ccnc(S(=O)(=O)CC(C)CCl)c1=O. The van der Waals surface area contributed by atoms with E-state index in [2.05, 4.69) is 4.98 Å². The van der Waals surface area contributed by atoms with Gasteiger partial charge in [0.1, 0.15) is 0 Å². The fourth-order valence-corrected chi connectivity index (χ4v) is 3.54. The number of hydrogen-bond acceptors (Lipinski definition) is 4. The van der Waals surface area contributed by atoms with Crippen molar-refractivity contribution < 1.29 is 8.42 Å². The summed E-state index contributed by atoms with van der Waals surface area (Å²) in [4.78, 5) is 15.9. The predicted octanol–water partition coefficient (Wildman–Crippen LogP) is 1.55. The number of alkyl halides is 1. The smallest absolute Gasteiger partial charge is 0.288 e. The highest BCUT2D eigenvalue weighted by Gasteiger charge is 2.24. The predicted molar refractivity (Wildman–Crippen MR) is 75.3 cm³/mol. The van der Waals surface area contributed by atoms with E-state index in [1.807, 2.05) is 13.8 Å². The summed E-state index contributed by atoms with van der Waals surface area (Å²) in [7, 11) is -3.69. The van der Waals surface area contributed by atoms with Crippen molar-refractivity contribution in [3.8, 4) is 0 Å². The molecule has 0 amide bonds. The van der Waals surface area contributed by atoms with Crippen molar-refractivity contribution in [2.45, 2.75) is 32.3 Å². The quantitative estimate of drug-likeness (QED) is 0.748. The summed E-state index contributed by atoms with van der Waals surface area (Å²) in [6, 6.07) is 0. The summed E-state index contributed by atoms with van der Waals surface area (Å²) in [5, 5.41) is -0.382. The number of hydrogen-bond donors (Lipinski definition) is 0. The van der Waals surface area contributed by atoms with Crippen molar-refractivity contribution in [2.24, 2.45) is 11.8 Å². The Bertz CT molecular complexity index is 581. The van der Waals surface area contributed by atoms with Crippen molar-refractivity contribution in [2.75, 3.05) is 11.6 Å². The van der Waals surface area contributed by atoms with E-state index in [0.29, 0.717) is 6.54 Å². The van der Waals surface area contributed by atoms with Gasteiger partial charge < -0.3 is 4.57 Å². The molecule has 0 fully saturated rings. The molecule has 0 saturated carbocycles. The molecular weight excluding hydrogens is 288 g/mol. The molecule has 0 N–H and O–H groups in total. The minimum Gasteiger partial charge on any atom is -0.311 e. The lowest BCUT2D eigenvalue weighted by Crippen LogP contribution is -2.30. The van der Waals surface area contributed by atoms with Crippen LogP contribution >= 0.6 is 11.6 Å². The lowest BCUT2D eigenvalue weighted by atomic mass is 10.2. The third-order valence-corrected chi connectivity index (χ3v) is 4.91. The number of nitrogens with zero attached hydrogens (tertiary/aromatic N) is 2. The molecule has 1 aromatic heterocycles. The normalized spacial score (nSPS) is 13.7. The van der Waals surface area contributed by atoms with Gasteiger partial charge >= 0.3 is 0 Å². The highest BCUT2D eigenvalue weighted by atomic mass is 35.5. The Hall–Kier alpha value is -0.880. The lowest BCUT2D eigenvalue weighted by Gasteiger charge is -2.11. The molecule has 1 unspecified atom stereocenters. The fourth-order valence-electron chi connectivity index (χ4n) is 1.68. The summed E-state index contributed by atoms with van der Waals surface area (Å²) >= 11 is 5.62. The topological polar surface area (TPSA) is 69.0 Å². The minimum absolute atomic E-state index is 0.162. The molecule has 0 saturated heterocycles. The first kappa shape index (κ1) is 16.2. The molecule has 108 valence electrons. The van der Waals surface area contributed by atoms with Crippen molar-refractivity contribution in [1.29, 1.82) is 0 Å². The van der Waals surface area contributed by atoms with Gasteiger partial charge in [0.05, 0.1) is 5.75 Å². The van der Waals surface area contributed by atoms with E-state index in [0.717, 1.165) is 0 Å². The van der Waals surface area contributed by atoms with Crippen LogP contribution in [0.3, 0.4) is 0 Å². The Morgan fingerprint density at radius 1 is 1.37 bits per heavy atom. The van der Waals surface area contributed by atoms with Gasteiger partial charge in [0, 0.05) is 24.8 Å². The molecule has 0 aliphatic carbocycles. The van der Waals surface area contributed by atoms with Crippen LogP contribution in [0.15, 0.2) is 22.2 Å². The summed E-state index contributed by atoms with van der Waals surface area (Å²) in [6.45, 7) is 6.10. The number of aromatic nitrogens is 2. The zero-order valence-corrected chi connectivity index (χ0v) is 12.9. The molecule has 1 aromatic rings. The van der Waals surface area contributed by atoms with Gasteiger partial charge in [0.2, 0.25) is 14.9 Å². The highest BCUT2D eigenvalue weighted by Crippen LogP contribution is 2.09. The van der Waals surface area contributed by atoms with Crippen LogP contribution in [-0.4, -0.2) is 29.6 Å². The molecule has 0 aromatic carbocycles. The molecule has 7 heteroatoms. The number of rotatable bonds is 6. The molecule has 1 rings (SSSR count). The Kier molecular flexibility index (Phi) is 5.55. The molecular formula is C12H19ClN2O3S. The van der Waals surface area contributed by atoms with Crippen LogP contribution in [0.1, 0.15) is 20.8 Å². The van der Waals surface area contributed by atoms with Crippen molar-refractivity contribution in [3.05, 3.63) is 22.7 Å². The van der Waals surface area contributed by atoms with Crippen molar-refractivity contribution >= 4 is 21.4 Å². The highest BCUT2D eigenvalue weighted by molar-refractivity contribution is 7.91. The lowest BCUT2D eigenvalue weighted by molar-refractivity contribution is 0.498. The van der Waals surface area contributed by atoms with Crippen LogP contribution in [0.2, 0.25) is 0 Å². The first-order valence-electron chi connectivity index (χ1n) is 6.12. The van der Waals surface area contributed by atoms with E-state index in [-0.39, 0.29) is 28.5 Å². The maximum Gasteiger partial charge on any atom is 0.288 e. The van der Waals surface area contributed by atoms with Gasteiger partial charge in [0.15, 0.2) is 0 Å². The zero-order valence-electron chi connectivity index (χ0n) is 11.3. The van der Waals surface area contributed by atoms with Gasteiger partial charge in [-0.1, -0.05) is 20.8 Å². The summed E-state index contributed by atoms with van der Waals surface area (Å²) in [5.41, 5.74) is -0.557. The Labute approximate surface area is 118 Å². The molecule has 0 spiro atoms. The molecule has 0 radical (unpaired) electrons. The molecule has 0 aliphatic heterocycles. The monoisotopic (exact) mass is 306 g/mol. The first-order valence-corrected chi connectivity index (χ1v) is 8.30. The van der Waals surface area contributed by atoms with Crippen LogP contribution in [0.4, 0.5) is 0 Å². The third kappa shape index (κ3) is 4.31. The van der Waals surface area contributed by atoms with Gasteiger partial charge in [-0.15, -0.1) is 11.6 Å². The average Bonchev–Trinajstić information content (AvgIpc) is 2.30. The van der Waals surface area contributed by atoms with E-state index in [4.69, 9.17) is 11.6 Å². The van der Waals surface area contributed by atoms with Gasteiger partial charge in [-0.25, -0.2) is 13.4 Å². The standard InChI is InChI=1S/C12H19ClN2O3S/c1-9(2)7-15-5-4-14-11(12(15)16)19(17,18)8-10(3)6-13/h4-5,9-10H,6-8H2,1-3H3. The summed E-state index contributed by atoms with van der Waals surface area (Å²) in [5.74, 6) is 0.0977. The van der Waals surface area contributed by atoms with Crippen molar-refractivity contribution in [3.63, 3.8) is 0 Å². The molecule has 19 heavy (non-hydrogen) atoms. The minimum atomic E-state index is -3.69. The largest absolute Gasteiger partial charge is 0.311 e. The van der Waals surface area contributed by atoms with E-state index in [9.17, 15) is 13.2 Å². The number of halogens is 1. The summed E-state index contributed by atoms with van der Waals surface area (Å²) < 4.78 is 25.6. The molecule has 1 heterocycles. The zero-order chi connectivity index (χ0) is 14.6. The van der Waals surface area contributed by atoms with Crippen LogP contribution in [0, 0.1) is 11.8 Å². The second kappa shape index (κ2) is 6.52. The molecule has 1 atom stereocenters. The number of sulfone groups is 1. The second-order valence-electron chi connectivity index (χ2n) is 5.12. The molecule has 5 nitrogen and oxygen atoms in total. The van der Waals surface area contributed by atoms with E-state index in [1.54, 1.807) is 6.92 Å². The Morgan fingerprint density at radius 3 is 2.53 bits per heavy atom. The van der Waals surface area contributed by atoms with Crippen LogP contribution < -0.4 is 5.56 Å². The summed E-state index contributed by atoms with van der Waals surface area (Å²) in [6.07, 6.45) is 2.86. The molecule has 0 bridgehead atoms. The Balaban J connectivity index is 3.18. The van der Waals surface area contributed by atoms with Gasteiger partial charge in [-0.05, 0) is 11.8 Å². The van der Waals surface area contributed by atoms with Crippen molar-refractivity contribution in [1.82, 2.24) is 9.55 Å². The Morgan fingerprint density at radius 2 is 2.00 bits per heavy atom. The molecule has 0 aliphatic rings. The van der Waals surface area contributed by atoms with Gasteiger partial charge in [-0.2, -0.15) is 0 Å². The third-order valence-electron chi connectivity index (χ3n) is 2.51. The second-order valence-corrected chi connectivity index (χ2v) is 7.38. The maximum atomic E-state index is 12.1. The van der Waals surface area contributed by atoms with E-state index in [1.165, 1.54) is 17.0 Å².